The smallest absolute Gasteiger partial charge is 0.266 e. The van der Waals surface area contributed by atoms with Crippen LogP contribution in [0.1, 0.15) is 11.4 Å². The molecule has 0 unspecified atom stereocenters. The van der Waals surface area contributed by atoms with Gasteiger partial charge in [-0.05, 0) is 6.92 Å². The molecule has 0 atom stereocenters. The summed E-state index contributed by atoms with van der Waals surface area (Å²) in [5.41, 5.74) is 1.29. The quantitative estimate of drug-likeness (QED) is 0.358. The lowest BCUT2D eigenvalue weighted by Gasteiger charge is -1.92. The first-order valence-corrected chi connectivity index (χ1v) is 2.99. The molecule has 54 valence electrons. The molecule has 0 aliphatic carbocycles. The molecule has 4 heteroatoms. The fraction of sp³-hybridized carbons (Fsp3) is 0.333. The van der Waals surface area contributed by atoms with E-state index in [0.29, 0.717) is 0 Å². The molecule has 0 amide bonds. The van der Waals surface area contributed by atoms with Crippen LogP contribution in [0.5, 0.6) is 0 Å². The van der Waals surface area contributed by atoms with Crippen LogP contribution in [0, 0.1) is 13.8 Å². The number of H-pyrrole nitrogens is 1. The van der Waals surface area contributed by atoms with E-state index in [0.717, 1.165) is 16.1 Å². The number of nitrogens with two attached hydrogens (primary N) is 1. The van der Waals surface area contributed by atoms with Crippen LogP contribution >= 0.6 is 0 Å². The van der Waals surface area contributed by atoms with Crippen molar-refractivity contribution in [2.24, 2.45) is 0 Å². The average molecular weight is 140 g/mol. The zero-order valence-corrected chi connectivity index (χ0v) is 6.01. The second-order valence-electron chi connectivity index (χ2n) is 2.27. The van der Waals surface area contributed by atoms with Crippen molar-refractivity contribution >= 4 is 0 Å². The van der Waals surface area contributed by atoms with E-state index in [1.54, 1.807) is 13.0 Å². The highest BCUT2D eigenvalue weighted by Crippen LogP contribution is 1.86. The predicted octanol–water partition coefficient (Wildman–Crippen LogP) is -1.01. The molecular weight excluding hydrogens is 130 g/mol. The zero-order valence-electron chi connectivity index (χ0n) is 6.01. The highest BCUT2D eigenvalue weighted by molar-refractivity contribution is 4.99. The first-order chi connectivity index (χ1) is 4.61. The molecule has 1 heterocycles. The van der Waals surface area contributed by atoms with Gasteiger partial charge < -0.3 is 0 Å². The van der Waals surface area contributed by atoms with Gasteiger partial charge in [0, 0.05) is 13.0 Å². The van der Waals surface area contributed by atoms with Crippen LogP contribution in [-0.2, 0) is 0 Å². The fourth-order valence-corrected chi connectivity index (χ4v) is 0.808. The topological polar surface area (TPSA) is 62.8 Å². The van der Waals surface area contributed by atoms with Crippen molar-refractivity contribution < 1.29 is 4.68 Å². The van der Waals surface area contributed by atoms with Crippen molar-refractivity contribution in [1.29, 1.82) is 0 Å². The molecule has 3 N–H and O–H groups in total. The van der Waals surface area contributed by atoms with E-state index >= 15 is 0 Å². The van der Waals surface area contributed by atoms with E-state index in [1.165, 1.54) is 0 Å². The molecule has 0 bridgehead atoms. The molecule has 4 nitrogen and oxygen atoms in total. The zero-order chi connectivity index (χ0) is 7.72. The van der Waals surface area contributed by atoms with Gasteiger partial charge in [-0.15, -0.1) is 0 Å². The summed E-state index contributed by atoms with van der Waals surface area (Å²) in [6, 6.07) is 1.81. The Labute approximate surface area is 58.3 Å². The minimum absolute atomic E-state index is 0.280. The van der Waals surface area contributed by atoms with Crippen LogP contribution in [0.3, 0.4) is 0 Å². The molecule has 0 spiro atoms. The molecule has 0 aliphatic rings. The van der Waals surface area contributed by atoms with Crippen LogP contribution in [0.4, 0.5) is 0 Å². The van der Waals surface area contributed by atoms with Crippen LogP contribution in [0.25, 0.3) is 0 Å². The molecule has 1 rings (SSSR count). The first kappa shape index (κ1) is 6.80. The van der Waals surface area contributed by atoms with Gasteiger partial charge in [0.2, 0.25) is 0 Å². The third-order valence-electron chi connectivity index (χ3n) is 1.33. The van der Waals surface area contributed by atoms with Gasteiger partial charge in [-0.25, -0.2) is 4.98 Å². The maximum atomic E-state index is 10.8. The number of rotatable bonds is 0. The SMILES string of the molecule is Cc1cc(C)[n+](N)c(=O)[nH]1. The summed E-state index contributed by atoms with van der Waals surface area (Å²) in [7, 11) is 0. The van der Waals surface area contributed by atoms with E-state index in [4.69, 9.17) is 5.84 Å². The lowest BCUT2D eigenvalue weighted by molar-refractivity contribution is -0.663. The van der Waals surface area contributed by atoms with Crippen molar-refractivity contribution in [1.82, 2.24) is 4.98 Å². The highest BCUT2D eigenvalue weighted by Gasteiger charge is 2.04. The number of aromatic amines is 1. The lowest BCUT2D eigenvalue weighted by atomic mass is 10.4. The Morgan fingerprint density at radius 2 is 2.20 bits per heavy atom. The molecule has 1 aromatic rings. The van der Waals surface area contributed by atoms with E-state index in [1.807, 2.05) is 6.92 Å². The van der Waals surface area contributed by atoms with Gasteiger partial charge in [0.05, 0.1) is 0 Å². The fourth-order valence-electron chi connectivity index (χ4n) is 0.808. The number of hydrogen-bond acceptors (Lipinski definition) is 2. The van der Waals surface area contributed by atoms with E-state index in [-0.39, 0.29) is 5.69 Å². The summed E-state index contributed by atoms with van der Waals surface area (Å²) < 4.78 is 1.08. The normalized spacial score (nSPS) is 9.80. The number of hydrogen-bond donors (Lipinski definition) is 2. The van der Waals surface area contributed by atoms with Gasteiger partial charge >= 0.3 is 5.69 Å². The molecule has 0 aromatic carbocycles. The molecule has 0 saturated heterocycles. The Morgan fingerprint density at radius 3 is 2.70 bits per heavy atom. The monoisotopic (exact) mass is 140 g/mol. The maximum Gasteiger partial charge on any atom is 0.519 e. The Balaban J connectivity index is 3.46. The van der Waals surface area contributed by atoms with Gasteiger partial charge in [0.15, 0.2) is 0 Å². The highest BCUT2D eigenvalue weighted by atomic mass is 16.1. The van der Waals surface area contributed by atoms with E-state index < -0.39 is 0 Å². The standard InChI is InChI=1S/C6H9N3O/c1-4-3-5(2)9(7)6(10)8-4/h3H,7H2,1-2H3/p+1. The van der Waals surface area contributed by atoms with E-state index in [9.17, 15) is 4.79 Å². The summed E-state index contributed by atoms with van der Waals surface area (Å²) >= 11 is 0. The Morgan fingerprint density at radius 1 is 1.60 bits per heavy atom. The van der Waals surface area contributed by atoms with Gasteiger partial charge in [-0.2, -0.15) is 4.79 Å². The Hall–Kier alpha value is -1.32. The molecular formula is C6H10N3O+. The van der Waals surface area contributed by atoms with Crippen LogP contribution in [0.2, 0.25) is 0 Å². The third kappa shape index (κ3) is 1.00. The van der Waals surface area contributed by atoms with Gasteiger partial charge in [-0.1, -0.05) is 4.68 Å². The van der Waals surface area contributed by atoms with Crippen molar-refractivity contribution in [3.8, 4) is 0 Å². The Bertz CT molecular complexity index is 302. The molecule has 0 saturated carbocycles. The molecule has 0 radical (unpaired) electrons. The third-order valence-corrected chi connectivity index (χ3v) is 1.33. The van der Waals surface area contributed by atoms with Crippen molar-refractivity contribution in [2.75, 3.05) is 5.84 Å². The second-order valence-corrected chi connectivity index (χ2v) is 2.27. The summed E-state index contributed by atoms with van der Waals surface area (Å²) in [5.74, 6) is 5.32. The molecule has 0 aliphatic heterocycles. The largest absolute Gasteiger partial charge is 0.519 e. The van der Waals surface area contributed by atoms with Gasteiger partial charge in [-0.3, -0.25) is 5.84 Å². The van der Waals surface area contributed by atoms with E-state index in [2.05, 4.69) is 4.98 Å². The number of nitrogen functional groups attached to an aromatic ring is 1. The van der Waals surface area contributed by atoms with Crippen LogP contribution in [-0.4, -0.2) is 4.98 Å². The van der Waals surface area contributed by atoms with Crippen molar-refractivity contribution in [3.63, 3.8) is 0 Å². The Kier molecular flexibility index (Phi) is 1.45. The molecule has 10 heavy (non-hydrogen) atoms. The summed E-state index contributed by atoms with van der Waals surface area (Å²) in [6.07, 6.45) is 0. The predicted molar refractivity (Wildman–Crippen MR) is 36.9 cm³/mol. The first-order valence-electron chi connectivity index (χ1n) is 2.99. The molecule has 0 fully saturated rings. The van der Waals surface area contributed by atoms with Crippen molar-refractivity contribution in [3.05, 3.63) is 27.9 Å². The number of aromatic nitrogens is 2. The molecule has 1 aromatic heterocycles. The van der Waals surface area contributed by atoms with Crippen LogP contribution in [0.15, 0.2) is 10.9 Å². The minimum Gasteiger partial charge on any atom is -0.266 e. The van der Waals surface area contributed by atoms with Crippen LogP contribution < -0.4 is 16.2 Å². The summed E-state index contributed by atoms with van der Waals surface area (Å²) in [6.45, 7) is 3.59. The summed E-state index contributed by atoms with van der Waals surface area (Å²) in [4.78, 5) is 13.4. The second kappa shape index (κ2) is 2.13. The lowest BCUT2D eigenvalue weighted by Crippen LogP contribution is -2.61. The van der Waals surface area contributed by atoms with Crippen molar-refractivity contribution in [2.45, 2.75) is 13.8 Å². The minimum atomic E-state index is -0.280. The summed E-state index contributed by atoms with van der Waals surface area (Å²) in [5, 5.41) is 0. The number of nitrogens with zero attached hydrogens (tertiary/aromatic N) is 1. The number of nitrogens with one attached hydrogen (secondary N) is 1. The maximum absolute atomic E-state index is 10.8. The number of aryl methyl sites for hydroxylation is 2. The van der Waals surface area contributed by atoms with Gasteiger partial charge in [0.1, 0.15) is 11.4 Å². The average Bonchev–Trinajstić information content (AvgIpc) is 1.82. The van der Waals surface area contributed by atoms with Gasteiger partial charge in [0.25, 0.3) is 0 Å².